The number of imidazole rings is 1. The topological polar surface area (TPSA) is 109 Å². The number of hydroxylamine groups is 1. The summed E-state index contributed by atoms with van der Waals surface area (Å²) in [7, 11) is 0. The lowest BCUT2D eigenvalue weighted by atomic mass is 9.80. The van der Waals surface area contributed by atoms with Gasteiger partial charge >= 0.3 is 12.3 Å². The third-order valence-corrected chi connectivity index (χ3v) is 9.23. The Hall–Kier alpha value is -4.46. The van der Waals surface area contributed by atoms with E-state index in [1.54, 1.807) is 6.07 Å². The summed E-state index contributed by atoms with van der Waals surface area (Å²) in [4.78, 5) is 33.5. The van der Waals surface area contributed by atoms with Gasteiger partial charge in [-0.05, 0) is 80.3 Å². The van der Waals surface area contributed by atoms with Gasteiger partial charge in [-0.15, -0.1) is 5.48 Å². The predicted molar refractivity (Wildman–Crippen MR) is 162 cm³/mol. The second-order valence-corrected chi connectivity index (χ2v) is 12.3. The highest BCUT2D eigenvalue weighted by atomic mass is 19.4. The Labute approximate surface area is 262 Å². The first-order chi connectivity index (χ1) is 22.1. The molecule has 14 heteroatoms. The molecule has 46 heavy (non-hydrogen) atoms. The number of halogens is 4. The fourth-order valence-electron chi connectivity index (χ4n) is 6.53. The van der Waals surface area contributed by atoms with E-state index in [0.29, 0.717) is 41.0 Å². The lowest BCUT2D eigenvalue weighted by Crippen LogP contribution is -2.35. The SMILES string of the molecule is C[C@@H](Nc1nc(C2NOC(=O)N2)nc2nc(N3CCCCC3c3cccc(F)c3)n(Cc3ccc(C(F)(F)F)cc3)c12)C1CCC1. The van der Waals surface area contributed by atoms with Crippen LogP contribution in [0.5, 0.6) is 0 Å². The number of aromatic nitrogens is 4. The van der Waals surface area contributed by atoms with Crippen LogP contribution in [0.1, 0.15) is 80.2 Å². The molecule has 242 valence electrons. The van der Waals surface area contributed by atoms with E-state index < -0.39 is 24.0 Å². The highest BCUT2D eigenvalue weighted by molar-refractivity contribution is 5.86. The molecule has 3 atom stereocenters. The van der Waals surface area contributed by atoms with Crippen molar-refractivity contribution in [2.75, 3.05) is 16.8 Å². The number of carbonyl (C=O) groups is 1. The average molecular weight is 639 g/mol. The first-order valence-electron chi connectivity index (χ1n) is 15.6. The molecule has 2 aromatic heterocycles. The van der Waals surface area contributed by atoms with E-state index in [1.807, 2.05) is 10.6 Å². The summed E-state index contributed by atoms with van der Waals surface area (Å²) in [5.41, 5.74) is 4.25. The van der Waals surface area contributed by atoms with Crippen LogP contribution in [-0.2, 0) is 17.6 Å². The van der Waals surface area contributed by atoms with Crippen LogP contribution in [0.4, 0.5) is 34.1 Å². The van der Waals surface area contributed by atoms with Crippen LogP contribution in [0, 0.1) is 11.7 Å². The number of nitrogens with zero attached hydrogens (tertiary/aromatic N) is 5. The van der Waals surface area contributed by atoms with Crippen molar-refractivity contribution in [2.45, 2.75) is 76.4 Å². The second kappa shape index (κ2) is 12.0. The number of carbonyl (C=O) groups excluding carboxylic acids is 1. The molecular weight excluding hydrogens is 604 g/mol. The van der Waals surface area contributed by atoms with Gasteiger partial charge in [0.05, 0.1) is 18.2 Å². The summed E-state index contributed by atoms with van der Waals surface area (Å²) in [6, 6.07) is 11.5. The molecule has 7 rings (SSSR count). The van der Waals surface area contributed by atoms with Gasteiger partial charge < -0.3 is 19.6 Å². The highest BCUT2D eigenvalue weighted by Crippen LogP contribution is 2.39. The molecule has 10 nitrogen and oxygen atoms in total. The predicted octanol–water partition coefficient (Wildman–Crippen LogP) is 6.61. The van der Waals surface area contributed by atoms with Crippen LogP contribution in [0.15, 0.2) is 48.5 Å². The zero-order valence-corrected chi connectivity index (χ0v) is 25.1. The van der Waals surface area contributed by atoms with Crippen molar-refractivity contribution >= 4 is 29.0 Å². The zero-order valence-electron chi connectivity index (χ0n) is 25.1. The molecule has 1 saturated carbocycles. The van der Waals surface area contributed by atoms with E-state index in [2.05, 4.69) is 27.9 Å². The van der Waals surface area contributed by atoms with Gasteiger partial charge in [0.25, 0.3) is 0 Å². The Bertz CT molecular complexity index is 1740. The normalized spacial score (nSPS) is 21.2. The summed E-state index contributed by atoms with van der Waals surface area (Å²) in [6.07, 6.45) is -0.00752. The molecule has 1 amide bonds. The van der Waals surface area contributed by atoms with Crippen LogP contribution < -0.4 is 21.0 Å². The molecule has 0 spiro atoms. The zero-order chi connectivity index (χ0) is 32.0. The molecule has 2 aromatic carbocycles. The van der Waals surface area contributed by atoms with Gasteiger partial charge in [-0.25, -0.2) is 19.2 Å². The lowest BCUT2D eigenvalue weighted by molar-refractivity contribution is -0.137. The van der Waals surface area contributed by atoms with E-state index in [4.69, 9.17) is 19.8 Å². The molecule has 4 heterocycles. The summed E-state index contributed by atoms with van der Waals surface area (Å²) in [6.45, 7) is 2.92. The third kappa shape index (κ3) is 5.93. The van der Waals surface area contributed by atoms with Crippen molar-refractivity contribution in [3.63, 3.8) is 0 Å². The minimum atomic E-state index is -4.45. The maximum Gasteiger partial charge on any atom is 0.427 e. The van der Waals surface area contributed by atoms with Gasteiger partial charge in [0.2, 0.25) is 5.95 Å². The molecule has 3 N–H and O–H groups in total. The maximum atomic E-state index is 14.4. The average Bonchev–Trinajstić information content (AvgIpc) is 3.59. The van der Waals surface area contributed by atoms with Gasteiger partial charge in [-0.1, -0.05) is 30.7 Å². The van der Waals surface area contributed by atoms with Gasteiger partial charge in [-0.2, -0.15) is 18.2 Å². The van der Waals surface area contributed by atoms with Crippen molar-refractivity contribution in [3.05, 3.63) is 76.9 Å². The summed E-state index contributed by atoms with van der Waals surface area (Å²) >= 11 is 0. The summed E-state index contributed by atoms with van der Waals surface area (Å²) < 4.78 is 56.5. The molecule has 3 fully saturated rings. The number of rotatable bonds is 8. The monoisotopic (exact) mass is 638 g/mol. The van der Waals surface area contributed by atoms with Crippen LogP contribution in [0.2, 0.25) is 0 Å². The number of fused-ring (bicyclic) bond motifs is 1. The molecule has 2 saturated heterocycles. The molecule has 3 aliphatic rings. The van der Waals surface area contributed by atoms with Crippen molar-refractivity contribution < 1.29 is 27.2 Å². The fraction of sp³-hybridized carbons (Fsp3) is 0.438. The van der Waals surface area contributed by atoms with E-state index in [9.17, 15) is 22.4 Å². The minimum Gasteiger partial charge on any atom is -0.365 e. The number of alkyl halides is 3. The van der Waals surface area contributed by atoms with E-state index in [0.717, 1.165) is 56.2 Å². The van der Waals surface area contributed by atoms with Gasteiger partial charge in [0, 0.05) is 12.6 Å². The van der Waals surface area contributed by atoms with Crippen LogP contribution in [0.3, 0.4) is 0 Å². The Morgan fingerprint density at radius 1 is 1.04 bits per heavy atom. The molecular formula is C32H34F4N8O2. The summed E-state index contributed by atoms with van der Waals surface area (Å²) in [5.74, 6) is 1.40. The Balaban J connectivity index is 1.38. The minimum absolute atomic E-state index is 0.0648. The van der Waals surface area contributed by atoms with Gasteiger partial charge in [0.1, 0.15) is 11.3 Å². The van der Waals surface area contributed by atoms with Gasteiger partial charge in [0.15, 0.2) is 23.5 Å². The number of benzene rings is 2. The van der Waals surface area contributed by atoms with Crippen molar-refractivity contribution in [3.8, 4) is 0 Å². The Kier molecular flexibility index (Phi) is 7.91. The van der Waals surface area contributed by atoms with Crippen molar-refractivity contribution in [1.82, 2.24) is 30.3 Å². The number of nitrogens with one attached hydrogen (secondary N) is 3. The first kappa shape index (κ1) is 30.2. The van der Waals surface area contributed by atoms with Crippen LogP contribution >= 0.6 is 0 Å². The number of amides is 1. The smallest absolute Gasteiger partial charge is 0.365 e. The van der Waals surface area contributed by atoms with E-state index >= 15 is 0 Å². The number of hydrogen-bond donors (Lipinski definition) is 3. The Morgan fingerprint density at radius 2 is 1.85 bits per heavy atom. The molecule has 0 radical (unpaired) electrons. The second-order valence-electron chi connectivity index (χ2n) is 12.3. The number of piperidine rings is 1. The highest BCUT2D eigenvalue weighted by Gasteiger charge is 2.34. The fourth-order valence-corrected chi connectivity index (χ4v) is 6.53. The number of anilines is 2. The standard InChI is InChI=1S/C32H34F4N8O2/c1-18(20-6-4-7-20)37-26-25-27(39-28(38-26)29-41-31(45)46-42-29)40-30(44(25)17-19-11-13-22(14-12-19)32(34,35)36)43-15-3-2-10-24(43)21-8-5-9-23(33)16-21/h5,8-9,11-14,16,18,20,24,29,42H,2-4,6-7,10,15,17H2,1H3,(H,41,45)(H,37,38,39)/t18-,24?,29?/m1/s1. The quantitative estimate of drug-likeness (QED) is 0.185. The first-order valence-corrected chi connectivity index (χ1v) is 15.6. The Morgan fingerprint density at radius 3 is 2.52 bits per heavy atom. The lowest BCUT2D eigenvalue weighted by Gasteiger charge is -2.37. The van der Waals surface area contributed by atoms with Crippen molar-refractivity contribution in [2.24, 2.45) is 5.92 Å². The summed E-state index contributed by atoms with van der Waals surface area (Å²) in [5, 5.41) is 6.21. The van der Waals surface area contributed by atoms with Crippen molar-refractivity contribution in [1.29, 1.82) is 0 Å². The number of hydrogen-bond acceptors (Lipinski definition) is 8. The molecule has 2 unspecified atom stereocenters. The third-order valence-electron chi connectivity index (χ3n) is 9.23. The van der Waals surface area contributed by atoms with Gasteiger partial charge in [-0.3, -0.25) is 5.32 Å². The molecule has 2 aliphatic heterocycles. The van der Waals surface area contributed by atoms with Crippen LogP contribution in [-0.4, -0.2) is 38.2 Å². The molecule has 4 aromatic rings. The maximum absolute atomic E-state index is 14.4. The molecule has 1 aliphatic carbocycles. The van der Waals surface area contributed by atoms with E-state index in [-0.39, 0.29) is 30.3 Å². The largest absolute Gasteiger partial charge is 0.427 e. The van der Waals surface area contributed by atoms with E-state index in [1.165, 1.54) is 24.3 Å². The van der Waals surface area contributed by atoms with Crippen LogP contribution in [0.25, 0.3) is 11.2 Å². The molecule has 0 bridgehead atoms.